The first-order chi connectivity index (χ1) is 9.83. The third kappa shape index (κ3) is 2.64. The molecule has 4 heteroatoms. The highest BCUT2D eigenvalue weighted by molar-refractivity contribution is 5.87. The molecule has 98 valence electrons. The van der Waals surface area contributed by atoms with Gasteiger partial charge in [-0.25, -0.2) is 0 Å². The van der Waals surface area contributed by atoms with Gasteiger partial charge in [0, 0.05) is 12.4 Å². The van der Waals surface area contributed by atoms with Crippen LogP contribution in [0.1, 0.15) is 11.1 Å². The number of fused-ring (bicyclic) bond motifs is 1. The summed E-state index contributed by atoms with van der Waals surface area (Å²) < 4.78 is 0. The molecule has 0 atom stereocenters. The van der Waals surface area contributed by atoms with Crippen molar-refractivity contribution in [2.24, 2.45) is 5.10 Å². The van der Waals surface area contributed by atoms with Gasteiger partial charge in [0.1, 0.15) is 0 Å². The van der Waals surface area contributed by atoms with Crippen LogP contribution in [0.25, 0.3) is 11.0 Å². The number of aryl methyl sites for hydroxylation is 1. The van der Waals surface area contributed by atoms with Crippen molar-refractivity contribution in [1.82, 2.24) is 9.97 Å². The van der Waals surface area contributed by atoms with E-state index in [9.17, 15) is 0 Å². The number of hydrogen-bond acceptors (Lipinski definition) is 4. The van der Waals surface area contributed by atoms with E-state index in [-0.39, 0.29) is 0 Å². The van der Waals surface area contributed by atoms with Gasteiger partial charge >= 0.3 is 0 Å². The molecule has 1 N–H and O–H groups in total. The molecular formula is C16H14N4. The minimum Gasteiger partial charge on any atom is -0.278 e. The molecule has 0 spiro atoms. The number of benzene rings is 2. The number of para-hydroxylation sites is 1. The van der Waals surface area contributed by atoms with Gasteiger partial charge in [-0.2, -0.15) is 5.10 Å². The number of rotatable bonds is 3. The quantitative estimate of drug-likeness (QED) is 0.581. The van der Waals surface area contributed by atoms with Crippen LogP contribution in [0.5, 0.6) is 0 Å². The highest BCUT2D eigenvalue weighted by Gasteiger charge is 1.96. The SMILES string of the molecule is Cc1ccccc1N/N=C/c1ccc2nccnc2c1. The van der Waals surface area contributed by atoms with Crippen LogP contribution in [0.4, 0.5) is 5.69 Å². The molecule has 0 saturated heterocycles. The van der Waals surface area contributed by atoms with E-state index in [1.165, 1.54) is 0 Å². The van der Waals surface area contributed by atoms with Crippen LogP contribution in [-0.2, 0) is 0 Å². The number of nitrogens with one attached hydrogen (secondary N) is 1. The number of nitrogens with zero attached hydrogens (tertiary/aromatic N) is 3. The zero-order valence-electron chi connectivity index (χ0n) is 11.1. The molecule has 1 aromatic heterocycles. The number of hydrazone groups is 1. The topological polar surface area (TPSA) is 50.2 Å². The molecule has 3 rings (SSSR count). The maximum atomic E-state index is 4.28. The first-order valence-corrected chi connectivity index (χ1v) is 6.38. The van der Waals surface area contributed by atoms with Crippen molar-refractivity contribution in [3.63, 3.8) is 0 Å². The second kappa shape index (κ2) is 5.48. The summed E-state index contributed by atoms with van der Waals surface area (Å²) in [5.74, 6) is 0. The van der Waals surface area contributed by atoms with Crippen LogP contribution in [-0.4, -0.2) is 16.2 Å². The van der Waals surface area contributed by atoms with Crippen LogP contribution < -0.4 is 5.43 Å². The molecule has 0 bridgehead atoms. The minimum atomic E-state index is 0.868. The summed E-state index contributed by atoms with van der Waals surface area (Å²) in [6, 6.07) is 13.9. The van der Waals surface area contributed by atoms with Crippen molar-refractivity contribution >= 4 is 22.9 Å². The molecule has 0 fully saturated rings. The maximum absolute atomic E-state index is 4.28. The average Bonchev–Trinajstić information content (AvgIpc) is 2.49. The normalized spacial score (nSPS) is 11.1. The summed E-state index contributed by atoms with van der Waals surface area (Å²) in [4.78, 5) is 8.52. The molecule has 3 aromatic rings. The molecule has 2 aromatic carbocycles. The second-order valence-electron chi connectivity index (χ2n) is 4.49. The van der Waals surface area contributed by atoms with Crippen molar-refractivity contribution < 1.29 is 0 Å². The Balaban J connectivity index is 1.79. The van der Waals surface area contributed by atoms with E-state index in [2.05, 4.69) is 20.5 Å². The number of anilines is 1. The van der Waals surface area contributed by atoms with Crippen LogP contribution >= 0.6 is 0 Å². The third-order valence-electron chi connectivity index (χ3n) is 3.04. The lowest BCUT2D eigenvalue weighted by molar-refractivity contribution is 1.29. The molecule has 0 aliphatic heterocycles. The van der Waals surface area contributed by atoms with E-state index in [0.29, 0.717) is 0 Å². The Labute approximate surface area is 117 Å². The molecule has 0 saturated carbocycles. The lowest BCUT2D eigenvalue weighted by Gasteiger charge is -2.03. The lowest BCUT2D eigenvalue weighted by atomic mass is 10.2. The number of hydrogen-bond donors (Lipinski definition) is 1. The summed E-state index contributed by atoms with van der Waals surface area (Å²) in [7, 11) is 0. The average molecular weight is 262 g/mol. The van der Waals surface area contributed by atoms with E-state index < -0.39 is 0 Å². The van der Waals surface area contributed by atoms with Gasteiger partial charge in [0.25, 0.3) is 0 Å². The zero-order valence-corrected chi connectivity index (χ0v) is 11.1. The van der Waals surface area contributed by atoms with Gasteiger partial charge in [-0.3, -0.25) is 15.4 Å². The van der Waals surface area contributed by atoms with Crippen molar-refractivity contribution in [2.75, 3.05) is 5.43 Å². The predicted octanol–water partition coefficient (Wildman–Crippen LogP) is 3.38. The highest BCUT2D eigenvalue weighted by atomic mass is 15.3. The first kappa shape index (κ1) is 12.3. The van der Waals surface area contributed by atoms with Crippen molar-refractivity contribution in [1.29, 1.82) is 0 Å². The van der Waals surface area contributed by atoms with Gasteiger partial charge < -0.3 is 0 Å². The fraction of sp³-hybridized carbons (Fsp3) is 0.0625. The molecule has 0 unspecified atom stereocenters. The second-order valence-corrected chi connectivity index (χ2v) is 4.49. The Bertz CT molecular complexity index is 765. The van der Waals surface area contributed by atoms with E-state index in [0.717, 1.165) is 27.8 Å². The summed E-state index contributed by atoms with van der Waals surface area (Å²) in [6.45, 7) is 2.05. The molecular weight excluding hydrogens is 248 g/mol. The maximum Gasteiger partial charge on any atom is 0.0893 e. The van der Waals surface area contributed by atoms with Gasteiger partial charge in [-0.1, -0.05) is 24.3 Å². The van der Waals surface area contributed by atoms with Gasteiger partial charge in [0.15, 0.2) is 0 Å². The van der Waals surface area contributed by atoms with Gasteiger partial charge in [-0.15, -0.1) is 0 Å². The molecule has 0 aliphatic rings. The minimum absolute atomic E-state index is 0.868. The van der Waals surface area contributed by atoms with Gasteiger partial charge in [0.2, 0.25) is 0 Å². The Kier molecular flexibility index (Phi) is 3.37. The largest absolute Gasteiger partial charge is 0.278 e. The zero-order chi connectivity index (χ0) is 13.8. The summed E-state index contributed by atoms with van der Waals surface area (Å²) in [6.07, 6.45) is 5.16. The standard InChI is InChI=1S/C16H14N4/c1-12-4-2-3-5-14(12)20-19-11-13-6-7-15-16(10-13)18-9-8-17-15/h2-11,20H,1H3/b19-11+. The van der Waals surface area contributed by atoms with Crippen molar-refractivity contribution in [3.05, 3.63) is 66.0 Å². The van der Waals surface area contributed by atoms with E-state index in [1.807, 2.05) is 49.4 Å². The van der Waals surface area contributed by atoms with Crippen molar-refractivity contribution in [3.8, 4) is 0 Å². The Morgan fingerprint density at radius 3 is 2.65 bits per heavy atom. The van der Waals surface area contributed by atoms with Gasteiger partial charge in [0.05, 0.1) is 22.9 Å². The Hall–Kier alpha value is -2.75. The van der Waals surface area contributed by atoms with Crippen LogP contribution in [0.3, 0.4) is 0 Å². The van der Waals surface area contributed by atoms with Gasteiger partial charge in [-0.05, 0) is 36.2 Å². The molecule has 0 radical (unpaired) electrons. The Morgan fingerprint density at radius 2 is 1.80 bits per heavy atom. The highest BCUT2D eigenvalue weighted by Crippen LogP contribution is 2.13. The molecule has 4 nitrogen and oxygen atoms in total. The Morgan fingerprint density at radius 1 is 1.00 bits per heavy atom. The fourth-order valence-electron chi connectivity index (χ4n) is 1.94. The summed E-state index contributed by atoms with van der Waals surface area (Å²) >= 11 is 0. The molecule has 1 heterocycles. The van der Waals surface area contributed by atoms with E-state index in [4.69, 9.17) is 0 Å². The molecule has 20 heavy (non-hydrogen) atoms. The lowest BCUT2D eigenvalue weighted by Crippen LogP contribution is -1.93. The molecule has 0 aliphatic carbocycles. The number of aromatic nitrogens is 2. The molecule has 0 amide bonds. The van der Waals surface area contributed by atoms with E-state index in [1.54, 1.807) is 18.6 Å². The third-order valence-corrected chi connectivity index (χ3v) is 3.04. The summed E-state index contributed by atoms with van der Waals surface area (Å²) in [5, 5.41) is 4.26. The summed E-state index contributed by atoms with van der Waals surface area (Å²) in [5.41, 5.74) is 7.95. The predicted molar refractivity (Wildman–Crippen MR) is 81.9 cm³/mol. The van der Waals surface area contributed by atoms with E-state index >= 15 is 0 Å². The van der Waals surface area contributed by atoms with Crippen molar-refractivity contribution in [2.45, 2.75) is 6.92 Å². The first-order valence-electron chi connectivity index (χ1n) is 6.38. The van der Waals surface area contributed by atoms with Crippen LogP contribution in [0.15, 0.2) is 60.0 Å². The monoisotopic (exact) mass is 262 g/mol. The smallest absolute Gasteiger partial charge is 0.0893 e. The fourth-order valence-corrected chi connectivity index (χ4v) is 1.94. The van der Waals surface area contributed by atoms with Crippen LogP contribution in [0.2, 0.25) is 0 Å². The van der Waals surface area contributed by atoms with Crippen LogP contribution in [0, 0.1) is 6.92 Å².